The molecule has 1 aliphatic rings. The van der Waals surface area contributed by atoms with Crippen molar-refractivity contribution in [3.05, 3.63) is 65.9 Å². The number of amides is 1. The Balaban J connectivity index is 1.49. The molecule has 1 aliphatic heterocycles. The first kappa shape index (κ1) is 15.8. The van der Waals surface area contributed by atoms with E-state index in [0.29, 0.717) is 11.6 Å². The Morgan fingerprint density at radius 2 is 2.24 bits per heavy atom. The number of hydrogen-bond acceptors (Lipinski definition) is 2. The molecule has 25 heavy (non-hydrogen) atoms. The average Bonchev–Trinajstić information content (AvgIpc) is 3.05. The standard InChI is InChI=1S/C20H20FN3O/c21-17-5-6-18-16(10-17)11-19(23-18)20(25)24-8-2-4-15(13-24)9-14-3-1-7-22-12-14/h1,3,5-7,10-12,15,23H,2,4,8-9,13H2/t15-/m1/s1. The van der Waals surface area contributed by atoms with Crippen molar-refractivity contribution in [1.29, 1.82) is 0 Å². The van der Waals surface area contributed by atoms with E-state index in [1.807, 2.05) is 17.2 Å². The van der Waals surface area contributed by atoms with Crippen molar-refractivity contribution < 1.29 is 9.18 Å². The second-order valence-corrected chi connectivity index (χ2v) is 6.74. The van der Waals surface area contributed by atoms with Gasteiger partial charge in [0.1, 0.15) is 11.5 Å². The maximum Gasteiger partial charge on any atom is 0.270 e. The van der Waals surface area contributed by atoms with Crippen LogP contribution in [-0.2, 0) is 6.42 Å². The van der Waals surface area contributed by atoms with Crippen molar-refractivity contribution in [2.75, 3.05) is 13.1 Å². The minimum absolute atomic E-state index is 0.00695. The fourth-order valence-electron chi connectivity index (χ4n) is 3.66. The number of fused-ring (bicyclic) bond motifs is 1. The van der Waals surface area contributed by atoms with Crippen molar-refractivity contribution >= 4 is 16.8 Å². The van der Waals surface area contributed by atoms with Gasteiger partial charge in [-0.1, -0.05) is 6.07 Å². The van der Waals surface area contributed by atoms with E-state index in [1.54, 1.807) is 18.3 Å². The molecule has 0 unspecified atom stereocenters. The third-order valence-corrected chi connectivity index (χ3v) is 4.87. The Hall–Kier alpha value is -2.69. The molecule has 2 aromatic heterocycles. The molecule has 1 fully saturated rings. The summed E-state index contributed by atoms with van der Waals surface area (Å²) >= 11 is 0. The predicted molar refractivity (Wildman–Crippen MR) is 94.8 cm³/mol. The normalized spacial score (nSPS) is 17.8. The van der Waals surface area contributed by atoms with Gasteiger partial charge in [0.15, 0.2) is 0 Å². The number of hydrogen-bond donors (Lipinski definition) is 1. The molecule has 3 aromatic rings. The van der Waals surface area contributed by atoms with Crippen LogP contribution in [0.25, 0.3) is 10.9 Å². The molecule has 5 heteroatoms. The number of carbonyl (C=O) groups excluding carboxylic acids is 1. The molecule has 3 heterocycles. The van der Waals surface area contributed by atoms with Gasteiger partial charge < -0.3 is 9.88 Å². The van der Waals surface area contributed by atoms with Gasteiger partial charge in [0.2, 0.25) is 0 Å². The Morgan fingerprint density at radius 3 is 3.08 bits per heavy atom. The van der Waals surface area contributed by atoms with Gasteiger partial charge in [-0.3, -0.25) is 9.78 Å². The Bertz CT molecular complexity index is 890. The van der Waals surface area contributed by atoms with Crippen LogP contribution in [0.1, 0.15) is 28.9 Å². The first-order valence-corrected chi connectivity index (χ1v) is 8.65. The van der Waals surface area contributed by atoms with Crippen LogP contribution in [0.15, 0.2) is 48.8 Å². The molecular weight excluding hydrogens is 317 g/mol. The molecule has 0 saturated carbocycles. The smallest absolute Gasteiger partial charge is 0.270 e. The largest absolute Gasteiger partial charge is 0.351 e. The van der Waals surface area contributed by atoms with Gasteiger partial charge in [0.05, 0.1) is 0 Å². The highest BCUT2D eigenvalue weighted by molar-refractivity contribution is 5.98. The van der Waals surface area contributed by atoms with E-state index in [2.05, 4.69) is 16.0 Å². The summed E-state index contributed by atoms with van der Waals surface area (Å²) in [6.07, 6.45) is 6.74. The average molecular weight is 337 g/mol. The van der Waals surface area contributed by atoms with E-state index < -0.39 is 0 Å². The van der Waals surface area contributed by atoms with Crippen molar-refractivity contribution in [2.45, 2.75) is 19.3 Å². The maximum atomic E-state index is 13.3. The van der Waals surface area contributed by atoms with Crippen LogP contribution >= 0.6 is 0 Å². The zero-order valence-electron chi connectivity index (χ0n) is 13.9. The lowest BCUT2D eigenvalue weighted by atomic mass is 9.92. The van der Waals surface area contributed by atoms with Gasteiger partial charge in [-0.25, -0.2) is 4.39 Å². The molecule has 4 rings (SSSR count). The first-order chi connectivity index (χ1) is 12.2. The molecule has 0 radical (unpaired) electrons. The molecule has 0 aliphatic carbocycles. The fourth-order valence-corrected chi connectivity index (χ4v) is 3.66. The van der Waals surface area contributed by atoms with Crippen LogP contribution in [0.3, 0.4) is 0 Å². The molecule has 1 N–H and O–H groups in total. The van der Waals surface area contributed by atoms with Crippen LogP contribution in [0.2, 0.25) is 0 Å². The number of piperidine rings is 1. The number of aromatic nitrogens is 2. The summed E-state index contributed by atoms with van der Waals surface area (Å²) in [5.41, 5.74) is 2.53. The van der Waals surface area contributed by atoms with Crippen LogP contribution in [0.5, 0.6) is 0 Å². The Morgan fingerprint density at radius 1 is 1.32 bits per heavy atom. The number of pyridine rings is 1. The number of rotatable bonds is 3. The van der Waals surface area contributed by atoms with E-state index in [9.17, 15) is 9.18 Å². The van der Waals surface area contributed by atoms with Gasteiger partial charge in [-0.05, 0) is 61.1 Å². The monoisotopic (exact) mass is 337 g/mol. The molecule has 0 bridgehead atoms. The highest BCUT2D eigenvalue weighted by atomic mass is 19.1. The number of benzene rings is 1. The van der Waals surface area contributed by atoms with Gasteiger partial charge in [0.25, 0.3) is 5.91 Å². The second-order valence-electron chi connectivity index (χ2n) is 6.74. The summed E-state index contributed by atoms with van der Waals surface area (Å²) in [5, 5.41) is 0.729. The van der Waals surface area contributed by atoms with Crippen molar-refractivity contribution in [3.8, 4) is 0 Å². The summed E-state index contributed by atoms with van der Waals surface area (Å²) in [7, 11) is 0. The van der Waals surface area contributed by atoms with E-state index in [-0.39, 0.29) is 11.7 Å². The minimum atomic E-state index is -0.292. The molecule has 1 saturated heterocycles. The third kappa shape index (κ3) is 3.40. The highest BCUT2D eigenvalue weighted by Crippen LogP contribution is 2.23. The van der Waals surface area contributed by atoms with Crippen LogP contribution < -0.4 is 0 Å². The highest BCUT2D eigenvalue weighted by Gasteiger charge is 2.25. The lowest BCUT2D eigenvalue weighted by molar-refractivity contribution is 0.0668. The van der Waals surface area contributed by atoms with Crippen LogP contribution in [-0.4, -0.2) is 33.9 Å². The number of aromatic amines is 1. The SMILES string of the molecule is O=C(c1cc2cc(F)ccc2[nH]1)N1CCC[C@H](Cc2cccnc2)C1. The van der Waals surface area contributed by atoms with E-state index in [0.717, 1.165) is 43.3 Å². The summed E-state index contributed by atoms with van der Waals surface area (Å²) in [5.74, 6) is 0.149. The van der Waals surface area contributed by atoms with Crippen LogP contribution in [0, 0.1) is 11.7 Å². The lowest BCUT2D eigenvalue weighted by Crippen LogP contribution is -2.40. The van der Waals surface area contributed by atoms with Crippen molar-refractivity contribution in [3.63, 3.8) is 0 Å². The number of H-pyrrole nitrogens is 1. The third-order valence-electron chi connectivity index (χ3n) is 4.87. The summed E-state index contributed by atoms with van der Waals surface area (Å²) in [4.78, 5) is 22.0. The van der Waals surface area contributed by atoms with Crippen molar-refractivity contribution in [1.82, 2.24) is 14.9 Å². The number of nitrogens with zero attached hydrogens (tertiary/aromatic N) is 2. The van der Waals surface area contributed by atoms with Gasteiger partial charge in [-0.15, -0.1) is 0 Å². The minimum Gasteiger partial charge on any atom is -0.351 e. The zero-order valence-corrected chi connectivity index (χ0v) is 13.9. The van der Waals surface area contributed by atoms with E-state index in [1.165, 1.54) is 17.7 Å². The molecule has 1 atom stereocenters. The molecule has 4 nitrogen and oxygen atoms in total. The van der Waals surface area contributed by atoms with Gasteiger partial charge in [0, 0.05) is 36.4 Å². The zero-order chi connectivity index (χ0) is 17.2. The summed E-state index contributed by atoms with van der Waals surface area (Å²) < 4.78 is 13.3. The second kappa shape index (κ2) is 6.67. The Labute approximate surface area is 145 Å². The first-order valence-electron chi connectivity index (χ1n) is 8.65. The number of carbonyl (C=O) groups is 1. The molecule has 1 aromatic carbocycles. The number of halogens is 1. The number of nitrogens with one attached hydrogen (secondary N) is 1. The lowest BCUT2D eigenvalue weighted by Gasteiger charge is -2.32. The van der Waals surface area contributed by atoms with E-state index >= 15 is 0 Å². The summed E-state index contributed by atoms with van der Waals surface area (Å²) in [6.45, 7) is 1.52. The van der Waals surface area contributed by atoms with Gasteiger partial charge in [-0.2, -0.15) is 0 Å². The van der Waals surface area contributed by atoms with E-state index in [4.69, 9.17) is 0 Å². The molecule has 128 valence electrons. The topological polar surface area (TPSA) is 49.0 Å². The van der Waals surface area contributed by atoms with Crippen molar-refractivity contribution in [2.24, 2.45) is 5.92 Å². The maximum absolute atomic E-state index is 13.3. The molecule has 0 spiro atoms. The quantitative estimate of drug-likeness (QED) is 0.790. The fraction of sp³-hybridized carbons (Fsp3) is 0.300. The predicted octanol–water partition coefficient (Wildman–Crippen LogP) is 3.80. The Kier molecular flexibility index (Phi) is 4.22. The molecule has 1 amide bonds. The molecular formula is C20H20FN3O. The number of likely N-dealkylation sites (tertiary alicyclic amines) is 1. The van der Waals surface area contributed by atoms with Gasteiger partial charge >= 0.3 is 0 Å². The summed E-state index contributed by atoms with van der Waals surface area (Å²) in [6, 6.07) is 10.3. The van der Waals surface area contributed by atoms with Crippen LogP contribution in [0.4, 0.5) is 4.39 Å².